The Hall–Kier alpha value is -9.76. The molecule has 0 saturated heterocycles. The molecule has 392 valence electrons. The number of fused-ring (bicyclic) bond motifs is 5. The molecule has 2 nitrogen and oxygen atoms in total. The number of hydrogen-bond acceptors (Lipinski definition) is 2. The summed E-state index contributed by atoms with van der Waals surface area (Å²) < 4.78 is 0. The third-order valence-electron chi connectivity index (χ3n) is 17.9. The van der Waals surface area contributed by atoms with Crippen molar-refractivity contribution in [2.75, 3.05) is 9.80 Å². The second-order valence-corrected chi connectivity index (χ2v) is 22.5. The molecular formula is C80H62N2. The number of benzene rings is 12. The van der Waals surface area contributed by atoms with E-state index in [0.717, 1.165) is 43.5 Å². The normalized spacial score (nSPS) is 16.4. The summed E-state index contributed by atoms with van der Waals surface area (Å²) in [5.74, 6) is 0.806. The van der Waals surface area contributed by atoms with Gasteiger partial charge in [-0.3, -0.25) is 0 Å². The minimum absolute atomic E-state index is 0.335. The van der Waals surface area contributed by atoms with Crippen LogP contribution in [0, 0.1) is 0 Å². The number of nitrogens with zero attached hydrogens (tertiary/aromatic N) is 2. The first-order valence-corrected chi connectivity index (χ1v) is 29.4. The highest BCUT2D eigenvalue weighted by atomic mass is 15.2. The fraction of sp³-hybridized carbons (Fsp3) is 0.100. The molecule has 1 aliphatic heterocycles. The van der Waals surface area contributed by atoms with E-state index in [1.54, 1.807) is 0 Å². The molecule has 1 fully saturated rings. The second kappa shape index (κ2) is 21.4. The van der Waals surface area contributed by atoms with Crippen molar-refractivity contribution < 1.29 is 0 Å². The van der Waals surface area contributed by atoms with Gasteiger partial charge in [-0.05, 0) is 192 Å². The minimum atomic E-state index is 0.335. The fourth-order valence-corrected chi connectivity index (χ4v) is 14.2. The van der Waals surface area contributed by atoms with Crippen LogP contribution in [0.15, 0.2) is 303 Å². The third-order valence-corrected chi connectivity index (χ3v) is 17.9. The van der Waals surface area contributed by atoms with Crippen molar-refractivity contribution in [3.8, 4) is 66.8 Å². The van der Waals surface area contributed by atoms with Gasteiger partial charge in [-0.25, -0.2) is 0 Å². The average Bonchev–Trinajstić information content (AvgIpc) is 4.10. The molecule has 0 radical (unpaired) electrons. The number of hydrogen-bond donors (Lipinski definition) is 0. The molecule has 1 saturated carbocycles. The van der Waals surface area contributed by atoms with Crippen LogP contribution in [0.4, 0.5) is 22.7 Å². The van der Waals surface area contributed by atoms with Crippen molar-refractivity contribution in [3.05, 3.63) is 314 Å². The zero-order valence-electron chi connectivity index (χ0n) is 46.0. The van der Waals surface area contributed by atoms with Crippen molar-refractivity contribution in [1.82, 2.24) is 0 Å². The van der Waals surface area contributed by atoms with Crippen LogP contribution in [0.1, 0.15) is 55.1 Å². The second-order valence-electron chi connectivity index (χ2n) is 22.5. The highest BCUT2D eigenvalue weighted by Gasteiger charge is 2.44. The van der Waals surface area contributed by atoms with Gasteiger partial charge in [-0.2, -0.15) is 0 Å². The lowest BCUT2D eigenvalue weighted by molar-refractivity contribution is 0.362. The first kappa shape index (κ1) is 49.3. The van der Waals surface area contributed by atoms with Gasteiger partial charge in [0, 0.05) is 40.4 Å². The van der Waals surface area contributed by atoms with Crippen LogP contribution < -0.4 is 9.80 Å². The van der Waals surface area contributed by atoms with Gasteiger partial charge < -0.3 is 9.80 Å². The first-order valence-electron chi connectivity index (χ1n) is 29.4. The standard InChI is InChI=1S/C80H62N2/c1-5-22-55(23-6-1)56-40-42-59(43-41-56)79-71-36-17-19-38-73(71)80(74-39-20-18-37-72(74)79)62-28-21-31-66(52-62)81(63-29-11-4-12-30-63)64-46-48-65(49-47-64)82-77-50-44-60(69-34-15-13-32-67(69)57-24-7-2-8-25-57)53-75(77)76-54-61(45-51-78(76)82)70-35-16-14-33-68(70)58-26-9-3-10-27-58/h1-3,5-11,13-44,46-50,52-53,61,76,78H,4,12,45,51,54H2. The Kier molecular flexibility index (Phi) is 12.8. The predicted molar refractivity (Wildman–Crippen MR) is 347 cm³/mol. The van der Waals surface area contributed by atoms with Crippen LogP contribution in [-0.2, 0) is 0 Å². The SMILES string of the molecule is C1=CC(N(c2ccc(N3c4ccc(-c5ccccc5-c5ccccc5)cc4C4CC(c5ccccc5-c5ccccc5)CCC43)cc2)c2cccc(-c3c4ccccc4c(-c4ccc(-c5ccccc5)cc4)c4ccccc34)c2)=CCC1. The molecule has 0 spiro atoms. The number of anilines is 4. The van der Waals surface area contributed by atoms with Crippen molar-refractivity contribution in [3.63, 3.8) is 0 Å². The molecule has 0 bridgehead atoms. The lowest BCUT2D eigenvalue weighted by atomic mass is 9.72. The summed E-state index contributed by atoms with van der Waals surface area (Å²) in [5.41, 5.74) is 24.1. The van der Waals surface area contributed by atoms with E-state index in [4.69, 9.17) is 0 Å². The molecule has 0 aromatic heterocycles. The van der Waals surface area contributed by atoms with E-state index < -0.39 is 0 Å². The van der Waals surface area contributed by atoms with Gasteiger partial charge in [0.15, 0.2) is 0 Å². The highest BCUT2D eigenvalue weighted by Crippen LogP contribution is 2.56. The molecule has 12 aromatic carbocycles. The molecule has 0 N–H and O–H groups in total. The maximum atomic E-state index is 2.71. The summed E-state index contributed by atoms with van der Waals surface area (Å²) in [4.78, 5) is 5.18. The molecule has 3 aliphatic rings. The summed E-state index contributed by atoms with van der Waals surface area (Å²) in [7, 11) is 0. The summed E-state index contributed by atoms with van der Waals surface area (Å²) in [6.07, 6.45) is 12.4. The smallest absolute Gasteiger partial charge is 0.0467 e. The molecule has 12 aromatic rings. The van der Waals surface area contributed by atoms with Crippen molar-refractivity contribution in [2.45, 2.75) is 50.0 Å². The largest absolute Gasteiger partial charge is 0.338 e. The van der Waals surface area contributed by atoms with Crippen molar-refractivity contribution in [2.24, 2.45) is 0 Å². The topological polar surface area (TPSA) is 6.48 Å². The zero-order chi connectivity index (χ0) is 54.3. The Morgan fingerprint density at radius 3 is 1.52 bits per heavy atom. The van der Waals surface area contributed by atoms with E-state index in [1.807, 2.05) is 0 Å². The lowest BCUT2D eigenvalue weighted by Gasteiger charge is -2.38. The van der Waals surface area contributed by atoms with Crippen LogP contribution in [0.3, 0.4) is 0 Å². The molecule has 15 rings (SSSR count). The third kappa shape index (κ3) is 8.93. The van der Waals surface area contributed by atoms with Gasteiger partial charge in [0.05, 0.1) is 0 Å². The van der Waals surface area contributed by atoms with Gasteiger partial charge in [-0.15, -0.1) is 0 Å². The van der Waals surface area contributed by atoms with Crippen LogP contribution >= 0.6 is 0 Å². The summed E-state index contributed by atoms with van der Waals surface area (Å²) >= 11 is 0. The minimum Gasteiger partial charge on any atom is -0.338 e. The maximum Gasteiger partial charge on any atom is 0.0467 e. The van der Waals surface area contributed by atoms with E-state index in [-0.39, 0.29) is 0 Å². The molecular weight excluding hydrogens is 989 g/mol. The summed E-state index contributed by atoms with van der Waals surface area (Å²) in [6, 6.07) is 104. The predicted octanol–water partition coefficient (Wildman–Crippen LogP) is 21.9. The van der Waals surface area contributed by atoms with Gasteiger partial charge in [0.25, 0.3) is 0 Å². The zero-order valence-corrected chi connectivity index (χ0v) is 46.0. The number of allylic oxidation sites excluding steroid dienone is 3. The lowest BCUT2D eigenvalue weighted by Crippen LogP contribution is -2.34. The van der Waals surface area contributed by atoms with Gasteiger partial charge in [0.2, 0.25) is 0 Å². The molecule has 82 heavy (non-hydrogen) atoms. The summed E-state index contributed by atoms with van der Waals surface area (Å²) in [6.45, 7) is 0. The Labute approximate surface area is 482 Å². The highest BCUT2D eigenvalue weighted by molar-refractivity contribution is 6.21. The van der Waals surface area contributed by atoms with Gasteiger partial charge >= 0.3 is 0 Å². The Morgan fingerprint density at radius 1 is 0.354 bits per heavy atom. The molecule has 3 atom stereocenters. The van der Waals surface area contributed by atoms with E-state index in [2.05, 4.69) is 307 Å². The molecule has 2 heteroatoms. The van der Waals surface area contributed by atoms with Crippen LogP contribution in [0.5, 0.6) is 0 Å². The Balaban J connectivity index is 0.809. The quantitative estimate of drug-likeness (QED) is 0.119. The van der Waals surface area contributed by atoms with Crippen LogP contribution in [0.25, 0.3) is 88.3 Å². The van der Waals surface area contributed by atoms with E-state index in [0.29, 0.717) is 17.9 Å². The fourth-order valence-electron chi connectivity index (χ4n) is 14.2. The van der Waals surface area contributed by atoms with E-state index in [1.165, 1.54) is 117 Å². The van der Waals surface area contributed by atoms with E-state index >= 15 is 0 Å². The Morgan fingerprint density at radius 2 is 0.878 bits per heavy atom. The van der Waals surface area contributed by atoms with Gasteiger partial charge in [0.1, 0.15) is 0 Å². The van der Waals surface area contributed by atoms with Crippen LogP contribution in [-0.4, -0.2) is 6.04 Å². The molecule has 3 unspecified atom stereocenters. The average molecular weight is 1050 g/mol. The van der Waals surface area contributed by atoms with Crippen molar-refractivity contribution >= 4 is 44.3 Å². The molecule has 1 heterocycles. The first-order chi connectivity index (χ1) is 40.7. The molecule has 0 amide bonds. The van der Waals surface area contributed by atoms with E-state index in [9.17, 15) is 0 Å². The van der Waals surface area contributed by atoms with Crippen LogP contribution in [0.2, 0.25) is 0 Å². The van der Waals surface area contributed by atoms with Crippen molar-refractivity contribution in [1.29, 1.82) is 0 Å². The van der Waals surface area contributed by atoms with Gasteiger partial charge in [-0.1, -0.05) is 243 Å². The summed E-state index contributed by atoms with van der Waals surface area (Å²) in [5, 5.41) is 5.01. The molecule has 2 aliphatic carbocycles. The maximum absolute atomic E-state index is 2.71. The number of rotatable bonds is 11. The monoisotopic (exact) mass is 1050 g/mol. The Bertz CT molecular complexity index is 4310.